The molecule has 28 nitrogen and oxygen atoms in total. The number of carboxylic acid groups (broad SMARTS) is 1. The van der Waals surface area contributed by atoms with E-state index in [4.69, 9.17) is 5.73 Å². The monoisotopic (exact) mass is 1440 g/mol. The molecule has 2 unspecified atom stereocenters. The largest absolute Gasteiger partial charge is 0.481 e. The van der Waals surface area contributed by atoms with Crippen LogP contribution in [0, 0.1) is 23.7 Å². The number of nitrogens with one attached hydrogen (secondary N) is 6. The maximum atomic E-state index is 15.0. The zero-order valence-electron chi connectivity index (χ0n) is 63.1. The Morgan fingerprint density at radius 3 is 1.44 bits per heavy atom. The lowest BCUT2D eigenvalue weighted by atomic mass is 9.96. The molecule has 1 aliphatic heterocycles. The molecule has 10 amide bonds. The van der Waals surface area contributed by atoms with Gasteiger partial charge >= 0.3 is 5.97 Å². The quantitative estimate of drug-likeness (QED) is 0.0360. The molecule has 14 atom stereocenters. The first kappa shape index (κ1) is 87.0. The number of hydrogen-bond acceptors (Lipinski definition) is 17. The van der Waals surface area contributed by atoms with Gasteiger partial charge in [0.2, 0.25) is 59.1 Å². The van der Waals surface area contributed by atoms with E-state index < -0.39 is 169 Å². The number of carboxylic acids is 1. The molecule has 4 rings (SSSR count). The summed E-state index contributed by atoms with van der Waals surface area (Å²) in [5, 5.41) is 62.4. The van der Waals surface area contributed by atoms with Gasteiger partial charge < -0.3 is 77.7 Å². The summed E-state index contributed by atoms with van der Waals surface area (Å²) in [7, 11) is 7.05. The number of benzene rings is 3. The Balaban J connectivity index is 1.61. The molecule has 1 saturated heterocycles. The number of nitrogens with two attached hydrogens (primary N) is 1. The zero-order chi connectivity index (χ0) is 77.3. The minimum absolute atomic E-state index is 0.0157. The Labute approximate surface area is 607 Å². The van der Waals surface area contributed by atoms with Crippen molar-refractivity contribution in [3.8, 4) is 0 Å². The minimum Gasteiger partial charge on any atom is -0.481 e. The zero-order valence-corrected chi connectivity index (χ0v) is 63.1. The van der Waals surface area contributed by atoms with E-state index in [1.165, 1.54) is 68.7 Å². The number of amides is 10. The number of carbonyl (C=O) groups is 11. The summed E-state index contributed by atoms with van der Waals surface area (Å²) >= 11 is 0. The summed E-state index contributed by atoms with van der Waals surface area (Å²) in [5.74, 6) is -9.56. The van der Waals surface area contributed by atoms with E-state index in [0.717, 1.165) is 24.2 Å². The Morgan fingerprint density at radius 2 is 0.961 bits per heavy atom. The molecule has 1 aliphatic rings. The standard InChI is InChI=1S/C75H117N13O15/c1-44(2)37-56(85(14)74(102)62(46(5)6)81-65(93)48(9)76)69(97)82-63(50(11)89)75(103)86(15)57(40-52-31-23-18-24-32-52)67(95)77-43-60(90)83(12)59(38-45(3)4)73(101)87(16)64(47(7)8)70(98)79-54(39-51-29-21-17-22-30-51)66(94)80-55(42-61(91)92)72(100)84(13)58(41-53-33-25-19-26-34-53)68(96)78-49(10)71(99)88-35-27-20-28-36-88/h17-19,21-26,29-34,44-50,54-59,62-64,72-73,89,100-101H,20,27-28,35-43,76H2,1-16H3,(H,77,95)(H,78,96)(H,79,98)(H,80,94)(H,81,93)(H,82,97)(H,91,92)/t48-,49-,50+,54-,55-,56-,57-,58-,59-,62-,63-,64-,72?,73?/m0/s1. The van der Waals surface area contributed by atoms with Crippen molar-refractivity contribution in [1.82, 2.24) is 61.3 Å². The van der Waals surface area contributed by atoms with Crippen LogP contribution in [0.2, 0.25) is 0 Å². The van der Waals surface area contributed by atoms with Gasteiger partial charge in [0, 0.05) is 47.1 Å². The van der Waals surface area contributed by atoms with Crippen LogP contribution in [0.4, 0.5) is 0 Å². The number of likely N-dealkylation sites (tertiary alicyclic amines) is 1. The first-order chi connectivity index (χ1) is 48.4. The lowest BCUT2D eigenvalue weighted by Crippen LogP contribution is -2.63. The fraction of sp³-hybridized carbons (Fsp3) is 0.613. The maximum absolute atomic E-state index is 15.0. The van der Waals surface area contributed by atoms with E-state index in [9.17, 15) is 73.2 Å². The van der Waals surface area contributed by atoms with Gasteiger partial charge in [-0.2, -0.15) is 0 Å². The number of aliphatic carboxylic acids is 1. The van der Waals surface area contributed by atoms with Crippen LogP contribution in [0.3, 0.4) is 0 Å². The second-order valence-corrected chi connectivity index (χ2v) is 29.0. The van der Waals surface area contributed by atoms with Crippen LogP contribution in [-0.4, -0.2) is 255 Å². The maximum Gasteiger partial charge on any atom is 0.305 e. The van der Waals surface area contributed by atoms with Crippen molar-refractivity contribution < 1.29 is 73.2 Å². The Hall–Kier alpha value is -8.41. The van der Waals surface area contributed by atoms with Gasteiger partial charge in [-0.25, -0.2) is 0 Å². The minimum atomic E-state index is -1.83. The van der Waals surface area contributed by atoms with Gasteiger partial charge in [0.15, 0.2) is 0 Å². The highest BCUT2D eigenvalue weighted by Crippen LogP contribution is 2.24. The van der Waals surface area contributed by atoms with E-state index >= 15 is 0 Å². The van der Waals surface area contributed by atoms with E-state index in [2.05, 4.69) is 31.9 Å². The molecule has 0 spiro atoms. The van der Waals surface area contributed by atoms with Gasteiger partial charge in [0.1, 0.15) is 48.7 Å². The SMILES string of the molecule is CC(C)C[C@@H](C(=O)N[C@H](C(=O)N(C)[C@@H](Cc1ccccc1)C(=O)NCC(=O)N(C)[C@@H](CC(C)C)C(O)N(C)[C@H](C(=O)N[C@@H](Cc1ccccc1)C(=O)N[C@@H](CC(=O)O)C(O)N(C)[C@@H](Cc1ccccc1)C(=O)N[C@@H](C)C(=O)N1CCCCC1)C(C)C)[C@@H](C)O)N(C)C(=O)[C@@H](NC(=O)[C@H](C)N)C(C)C. The van der Waals surface area contributed by atoms with Gasteiger partial charge in [0.25, 0.3) is 0 Å². The fourth-order valence-electron chi connectivity index (χ4n) is 12.8. The first-order valence-electron chi connectivity index (χ1n) is 35.8. The molecule has 0 bridgehead atoms. The number of nitrogens with zero attached hydrogens (tertiary/aromatic N) is 6. The number of hydrogen-bond donors (Lipinski definition) is 11. The van der Waals surface area contributed by atoms with Crippen molar-refractivity contribution in [3.63, 3.8) is 0 Å². The number of rotatable bonds is 40. The topological polar surface area (TPSA) is 386 Å². The van der Waals surface area contributed by atoms with E-state index in [-0.39, 0.29) is 49.8 Å². The summed E-state index contributed by atoms with van der Waals surface area (Å²) < 4.78 is 0. The molecular weight excluding hydrogens is 1320 g/mol. The van der Waals surface area contributed by atoms with Crippen LogP contribution >= 0.6 is 0 Å². The highest BCUT2D eigenvalue weighted by atomic mass is 16.4. The summed E-state index contributed by atoms with van der Waals surface area (Å²) in [6.07, 6.45) is -3.05. The predicted molar refractivity (Wildman–Crippen MR) is 390 cm³/mol. The second-order valence-electron chi connectivity index (χ2n) is 29.0. The van der Waals surface area contributed by atoms with Crippen LogP contribution in [-0.2, 0) is 72.0 Å². The average molecular weight is 1440 g/mol. The van der Waals surface area contributed by atoms with Crippen LogP contribution in [0.1, 0.15) is 131 Å². The number of likely N-dealkylation sites (N-methyl/N-ethyl adjacent to an activating group) is 5. The predicted octanol–water partition coefficient (Wildman–Crippen LogP) is 1.61. The molecule has 0 radical (unpaired) electrons. The lowest BCUT2D eigenvalue weighted by Gasteiger charge is -2.41. The van der Waals surface area contributed by atoms with Crippen LogP contribution in [0.5, 0.6) is 0 Å². The molecule has 0 saturated carbocycles. The lowest BCUT2D eigenvalue weighted by molar-refractivity contribution is -0.148. The number of aliphatic hydroxyl groups excluding tert-OH is 3. The third-order valence-corrected chi connectivity index (χ3v) is 18.9. The third-order valence-electron chi connectivity index (χ3n) is 18.9. The molecule has 1 heterocycles. The molecule has 3 aromatic carbocycles. The number of piperidine rings is 1. The van der Waals surface area contributed by atoms with E-state index in [0.29, 0.717) is 29.8 Å². The molecular formula is C75H117N13O15. The second kappa shape index (κ2) is 41.8. The normalized spacial score (nSPS) is 16.7. The Bertz CT molecular complexity index is 3250. The summed E-state index contributed by atoms with van der Waals surface area (Å²) in [6, 6.07) is 12.7. The highest BCUT2D eigenvalue weighted by molar-refractivity contribution is 5.97. The molecule has 3 aromatic rings. The van der Waals surface area contributed by atoms with Crippen LogP contribution < -0.4 is 37.6 Å². The molecule has 0 aromatic heterocycles. The third kappa shape index (κ3) is 26.4. The van der Waals surface area contributed by atoms with Gasteiger partial charge in [-0.1, -0.05) is 146 Å². The van der Waals surface area contributed by atoms with E-state index in [1.807, 2.05) is 27.7 Å². The summed E-state index contributed by atoms with van der Waals surface area (Å²) in [4.78, 5) is 163. The average Bonchev–Trinajstić information content (AvgIpc) is 0.813. The smallest absolute Gasteiger partial charge is 0.305 e. The molecule has 1 fully saturated rings. The Morgan fingerprint density at radius 1 is 0.485 bits per heavy atom. The van der Waals surface area contributed by atoms with Crippen molar-refractivity contribution in [2.24, 2.45) is 29.4 Å². The molecule has 0 aliphatic carbocycles. The highest BCUT2D eigenvalue weighted by Gasteiger charge is 2.43. The number of aliphatic hydroxyl groups is 3. The van der Waals surface area contributed by atoms with Crippen LogP contribution in [0.25, 0.3) is 0 Å². The molecule has 28 heteroatoms. The van der Waals surface area contributed by atoms with Crippen molar-refractivity contribution in [2.75, 3.05) is 54.9 Å². The summed E-state index contributed by atoms with van der Waals surface area (Å²) in [5.41, 5.74) is 7.69. The molecule has 103 heavy (non-hydrogen) atoms. The van der Waals surface area contributed by atoms with Crippen molar-refractivity contribution in [2.45, 2.75) is 219 Å². The van der Waals surface area contributed by atoms with Crippen molar-refractivity contribution in [1.29, 1.82) is 0 Å². The van der Waals surface area contributed by atoms with Crippen molar-refractivity contribution in [3.05, 3.63) is 108 Å². The van der Waals surface area contributed by atoms with Crippen LogP contribution in [0.15, 0.2) is 91.0 Å². The summed E-state index contributed by atoms with van der Waals surface area (Å²) in [6.45, 7) is 19.1. The van der Waals surface area contributed by atoms with Gasteiger partial charge in [0.05, 0.1) is 49.3 Å². The first-order valence-corrected chi connectivity index (χ1v) is 35.8. The number of carbonyl (C=O) groups excluding carboxylic acids is 10. The van der Waals surface area contributed by atoms with E-state index in [1.54, 1.807) is 131 Å². The fourth-order valence-corrected chi connectivity index (χ4v) is 12.8. The van der Waals surface area contributed by atoms with Gasteiger partial charge in [-0.05, 0) is 114 Å². The van der Waals surface area contributed by atoms with Crippen molar-refractivity contribution >= 4 is 65.0 Å². The Kier molecular flexibility index (Phi) is 35.3. The van der Waals surface area contributed by atoms with Gasteiger partial charge in [-0.15, -0.1) is 0 Å². The molecule has 572 valence electrons. The van der Waals surface area contributed by atoms with Gasteiger partial charge in [-0.3, -0.25) is 62.5 Å². The molecule has 12 N–H and O–H groups in total.